The highest BCUT2D eigenvalue weighted by Gasteiger charge is 2.16. The molecule has 1 fully saturated rings. The zero-order valence-corrected chi connectivity index (χ0v) is 13.2. The van der Waals surface area contributed by atoms with Crippen molar-refractivity contribution in [1.82, 2.24) is 15.3 Å². The molecule has 1 aliphatic rings. The van der Waals surface area contributed by atoms with Crippen LogP contribution >= 0.6 is 0 Å². The van der Waals surface area contributed by atoms with Crippen molar-refractivity contribution in [3.63, 3.8) is 0 Å². The van der Waals surface area contributed by atoms with Gasteiger partial charge in [0.25, 0.3) is 5.91 Å². The van der Waals surface area contributed by atoms with E-state index in [1.165, 1.54) is 19.2 Å². The number of carbonyl (C=O) groups is 1. The molecule has 0 spiro atoms. The largest absolute Gasteiger partial charge is 0.497 e. The second kappa shape index (κ2) is 7.09. The van der Waals surface area contributed by atoms with Gasteiger partial charge in [0, 0.05) is 25.7 Å². The first-order valence-electron chi connectivity index (χ1n) is 7.74. The Balaban J connectivity index is 1.62. The molecule has 3 rings (SSSR count). The van der Waals surface area contributed by atoms with Crippen LogP contribution in [0, 0.1) is 0 Å². The summed E-state index contributed by atoms with van der Waals surface area (Å²) in [6.45, 7) is 2.43. The predicted molar refractivity (Wildman–Crippen MR) is 87.6 cm³/mol. The number of nitrogens with one attached hydrogen (secondary N) is 1. The second-order valence-corrected chi connectivity index (χ2v) is 5.49. The van der Waals surface area contributed by atoms with Gasteiger partial charge in [-0.3, -0.25) is 4.79 Å². The summed E-state index contributed by atoms with van der Waals surface area (Å²) < 4.78 is 5.12. The third kappa shape index (κ3) is 3.77. The fraction of sp³-hybridized carbons (Fsp3) is 0.353. The molecule has 2 heterocycles. The van der Waals surface area contributed by atoms with Crippen LogP contribution in [0.5, 0.6) is 5.75 Å². The first kappa shape index (κ1) is 15.3. The van der Waals surface area contributed by atoms with Crippen LogP contribution in [0.15, 0.2) is 36.7 Å². The number of hydrogen-bond donors (Lipinski definition) is 1. The van der Waals surface area contributed by atoms with E-state index in [0.29, 0.717) is 12.2 Å². The van der Waals surface area contributed by atoms with Crippen molar-refractivity contribution in [2.45, 2.75) is 19.4 Å². The van der Waals surface area contributed by atoms with E-state index < -0.39 is 0 Å². The number of anilines is 1. The van der Waals surface area contributed by atoms with Crippen molar-refractivity contribution in [2.24, 2.45) is 0 Å². The van der Waals surface area contributed by atoms with E-state index in [-0.39, 0.29) is 5.91 Å². The smallest absolute Gasteiger partial charge is 0.270 e. The Morgan fingerprint density at radius 1 is 1.22 bits per heavy atom. The fourth-order valence-electron chi connectivity index (χ4n) is 2.61. The molecule has 1 N–H and O–H groups in total. The minimum Gasteiger partial charge on any atom is -0.497 e. The van der Waals surface area contributed by atoms with E-state index in [0.717, 1.165) is 30.2 Å². The standard InChI is InChI=1S/C17H20N4O2/c1-23-14-6-4-13(5-7-14)11-18-17(22)15-10-16(20-12-19-15)21-8-2-3-9-21/h4-7,10,12H,2-3,8-9,11H2,1H3,(H,18,22). The summed E-state index contributed by atoms with van der Waals surface area (Å²) >= 11 is 0. The number of hydrogen-bond acceptors (Lipinski definition) is 5. The van der Waals surface area contributed by atoms with Crippen LogP contribution in [0.25, 0.3) is 0 Å². The first-order valence-corrected chi connectivity index (χ1v) is 7.74. The molecule has 120 valence electrons. The number of rotatable bonds is 5. The van der Waals surface area contributed by atoms with E-state index in [1.54, 1.807) is 13.2 Å². The Hall–Kier alpha value is -2.63. The molecule has 23 heavy (non-hydrogen) atoms. The molecule has 1 aromatic carbocycles. The molecule has 0 bridgehead atoms. The maximum absolute atomic E-state index is 12.3. The third-order valence-electron chi connectivity index (χ3n) is 3.93. The monoisotopic (exact) mass is 312 g/mol. The Labute approximate surface area is 135 Å². The Bertz CT molecular complexity index is 667. The normalized spacial score (nSPS) is 13.9. The minimum absolute atomic E-state index is 0.191. The van der Waals surface area contributed by atoms with Crippen LogP contribution in [-0.4, -0.2) is 36.1 Å². The lowest BCUT2D eigenvalue weighted by molar-refractivity contribution is 0.0946. The molecule has 6 nitrogen and oxygen atoms in total. The van der Waals surface area contributed by atoms with Crippen LogP contribution in [-0.2, 0) is 6.54 Å². The maximum Gasteiger partial charge on any atom is 0.270 e. The van der Waals surface area contributed by atoms with E-state index in [4.69, 9.17) is 4.74 Å². The van der Waals surface area contributed by atoms with Gasteiger partial charge in [-0.15, -0.1) is 0 Å². The molecule has 0 unspecified atom stereocenters. The lowest BCUT2D eigenvalue weighted by Gasteiger charge is -2.16. The van der Waals surface area contributed by atoms with Gasteiger partial charge in [0.05, 0.1) is 7.11 Å². The van der Waals surface area contributed by atoms with E-state index in [9.17, 15) is 4.79 Å². The molecule has 1 saturated heterocycles. The highest BCUT2D eigenvalue weighted by molar-refractivity contribution is 5.92. The van der Waals surface area contributed by atoms with Gasteiger partial charge < -0.3 is 15.0 Å². The average molecular weight is 312 g/mol. The number of aromatic nitrogens is 2. The molecule has 0 atom stereocenters. The molecule has 2 aromatic rings. The highest BCUT2D eigenvalue weighted by atomic mass is 16.5. The summed E-state index contributed by atoms with van der Waals surface area (Å²) in [5, 5.41) is 2.88. The van der Waals surface area contributed by atoms with Gasteiger partial charge in [-0.05, 0) is 30.5 Å². The van der Waals surface area contributed by atoms with E-state index >= 15 is 0 Å². The number of benzene rings is 1. The van der Waals surface area contributed by atoms with Crippen molar-refractivity contribution in [3.05, 3.63) is 47.9 Å². The number of methoxy groups -OCH3 is 1. The summed E-state index contributed by atoms with van der Waals surface area (Å²) in [5.74, 6) is 1.43. The average Bonchev–Trinajstić information content (AvgIpc) is 3.15. The van der Waals surface area contributed by atoms with Crippen molar-refractivity contribution in [3.8, 4) is 5.75 Å². The van der Waals surface area contributed by atoms with Crippen LogP contribution in [0.1, 0.15) is 28.9 Å². The molecule has 0 aliphatic carbocycles. The van der Waals surface area contributed by atoms with Crippen molar-refractivity contribution in [1.29, 1.82) is 0 Å². The zero-order chi connectivity index (χ0) is 16.1. The molecule has 1 aromatic heterocycles. The summed E-state index contributed by atoms with van der Waals surface area (Å²) in [6.07, 6.45) is 3.79. The first-order chi connectivity index (χ1) is 11.3. The maximum atomic E-state index is 12.3. The zero-order valence-electron chi connectivity index (χ0n) is 13.2. The van der Waals surface area contributed by atoms with Crippen molar-refractivity contribution in [2.75, 3.05) is 25.1 Å². The lowest BCUT2D eigenvalue weighted by Crippen LogP contribution is -2.25. The number of nitrogens with zero attached hydrogens (tertiary/aromatic N) is 3. The predicted octanol–water partition coefficient (Wildman–Crippen LogP) is 2.02. The molecule has 1 amide bonds. The van der Waals surface area contributed by atoms with Gasteiger partial charge in [-0.1, -0.05) is 12.1 Å². The molecule has 1 aliphatic heterocycles. The number of amides is 1. The summed E-state index contributed by atoms with van der Waals surface area (Å²) in [7, 11) is 1.63. The molecule has 6 heteroatoms. The molecular formula is C17H20N4O2. The SMILES string of the molecule is COc1ccc(CNC(=O)c2cc(N3CCCC3)ncn2)cc1. The Kier molecular flexibility index (Phi) is 4.71. The highest BCUT2D eigenvalue weighted by Crippen LogP contribution is 2.17. The molecule has 0 saturated carbocycles. The van der Waals surface area contributed by atoms with Gasteiger partial charge in [0.2, 0.25) is 0 Å². The number of carbonyl (C=O) groups excluding carboxylic acids is 1. The topological polar surface area (TPSA) is 67.3 Å². The van der Waals surface area contributed by atoms with Gasteiger partial charge in [0.1, 0.15) is 23.6 Å². The Morgan fingerprint density at radius 2 is 1.96 bits per heavy atom. The van der Waals surface area contributed by atoms with Gasteiger partial charge in [-0.2, -0.15) is 0 Å². The summed E-state index contributed by atoms with van der Waals surface area (Å²) in [5.41, 5.74) is 1.41. The van der Waals surface area contributed by atoms with Gasteiger partial charge >= 0.3 is 0 Å². The van der Waals surface area contributed by atoms with Gasteiger partial charge in [-0.25, -0.2) is 9.97 Å². The van der Waals surface area contributed by atoms with Crippen molar-refractivity contribution >= 4 is 11.7 Å². The van der Waals surface area contributed by atoms with E-state index in [1.807, 2.05) is 24.3 Å². The molecular weight excluding hydrogens is 292 g/mol. The summed E-state index contributed by atoms with van der Waals surface area (Å²) in [4.78, 5) is 22.8. The Morgan fingerprint density at radius 3 is 2.65 bits per heavy atom. The number of ether oxygens (including phenoxy) is 1. The van der Waals surface area contributed by atoms with Crippen LogP contribution in [0.4, 0.5) is 5.82 Å². The van der Waals surface area contributed by atoms with Crippen LogP contribution < -0.4 is 15.0 Å². The summed E-state index contributed by atoms with van der Waals surface area (Å²) in [6, 6.07) is 9.35. The van der Waals surface area contributed by atoms with Crippen molar-refractivity contribution < 1.29 is 9.53 Å². The minimum atomic E-state index is -0.191. The van der Waals surface area contributed by atoms with Gasteiger partial charge in [0.15, 0.2) is 0 Å². The fourth-order valence-corrected chi connectivity index (χ4v) is 2.61. The van der Waals surface area contributed by atoms with E-state index in [2.05, 4.69) is 20.2 Å². The second-order valence-electron chi connectivity index (χ2n) is 5.49. The lowest BCUT2D eigenvalue weighted by atomic mass is 10.2. The van der Waals surface area contributed by atoms with Crippen LogP contribution in [0.3, 0.4) is 0 Å². The third-order valence-corrected chi connectivity index (χ3v) is 3.93. The van der Waals surface area contributed by atoms with Crippen LogP contribution in [0.2, 0.25) is 0 Å². The quantitative estimate of drug-likeness (QED) is 0.915. The molecule has 0 radical (unpaired) electrons.